The number of nitrogens with zero attached hydrogens (tertiary/aromatic N) is 4. The summed E-state index contributed by atoms with van der Waals surface area (Å²) in [7, 11) is 2.66. The van der Waals surface area contributed by atoms with Crippen LogP contribution in [0.25, 0.3) is 55.7 Å². The third kappa shape index (κ3) is 5.78. The number of halogens is 1. The summed E-state index contributed by atoms with van der Waals surface area (Å²) < 4.78 is 18.0. The molecule has 2 aromatic carbocycles. The molecule has 41 heavy (non-hydrogen) atoms. The molecular formula is C32H32FN7S. The number of H-pyrrole nitrogens is 2. The van der Waals surface area contributed by atoms with Crippen LogP contribution in [0.4, 0.5) is 4.39 Å². The molecule has 0 radical (unpaired) electrons. The van der Waals surface area contributed by atoms with E-state index in [0.29, 0.717) is 6.54 Å². The number of hydrogen-bond donors (Lipinski definition) is 3. The van der Waals surface area contributed by atoms with Crippen molar-refractivity contribution in [2.75, 3.05) is 20.4 Å². The molecule has 4 heterocycles. The maximum atomic E-state index is 14.7. The Kier molecular flexibility index (Phi) is 6.94. The Balaban J connectivity index is 1.40. The van der Waals surface area contributed by atoms with E-state index in [-0.39, 0.29) is 5.82 Å². The summed E-state index contributed by atoms with van der Waals surface area (Å²) >= 11 is 0. The lowest BCUT2D eigenvalue weighted by Gasteiger charge is -2.12. The Bertz CT molecular complexity index is 2000. The van der Waals surface area contributed by atoms with Crippen molar-refractivity contribution in [1.29, 1.82) is 0 Å². The lowest BCUT2D eigenvalue weighted by molar-refractivity contribution is 0.402. The molecule has 0 aliphatic carbocycles. The summed E-state index contributed by atoms with van der Waals surface area (Å²) in [5.41, 5.74) is 9.57. The van der Waals surface area contributed by atoms with Crippen LogP contribution in [-0.2, 0) is 13.1 Å². The van der Waals surface area contributed by atoms with E-state index >= 15 is 0 Å². The van der Waals surface area contributed by atoms with Gasteiger partial charge in [-0.2, -0.15) is 14.5 Å². The molecule has 0 fully saturated rings. The van der Waals surface area contributed by atoms with E-state index in [9.17, 15) is 4.39 Å². The minimum Gasteiger partial charge on any atom is -0.353 e. The predicted molar refractivity (Wildman–Crippen MR) is 172 cm³/mol. The molecule has 7 nitrogen and oxygen atoms in total. The number of hydrogen-bond acceptors (Lipinski definition) is 5. The molecule has 0 amide bonds. The fraction of sp³-hybridized carbons (Fsp3) is 0.156. The molecule has 0 atom stereocenters. The molecule has 0 bridgehead atoms. The Morgan fingerprint density at radius 2 is 1.78 bits per heavy atom. The molecule has 4 aromatic heterocycles. The second-order valence-electron chi connectivity index (χ2n) is 10.9. The standard InChI is InChI=1S/C32H32FN7S/c1-40(2)19-21-12-23(18-34-16-21)27-9-10-29-31(37-27)32(39-38-29)30-15-26-25(7-6-8-28(26)36-30)22-11-20(13-24(33)14-22)17-35-41(3,4)5/h6-16,18,35-36H,3-4,17,19H2,1-2,5H3,(H,38,39). The highest BCUT2D eigenvalue weighted by molar-refractivity contribution is 8.25. The van der Waals surface area contributed by atoms with Crippen LogP contribution < -0.4 is 4.72 Å². The summed E-state index contributed by atoms with van der Waals surface area (Å²) in [6.45, 7) is 1.30. The maximum absolute atomic E-state index is 14.7. The van der Waals surface area contributed by atoms with Crippen LogP contribution in [0.5, 0.6) is 0 Å². The van der Waals surface area contributed by atoms with E-state index in [1.54, 1.807) is 12.1 Å². The second-order valence-corrected chi connectivity index (χ2v) is 13.7. The van der Waals surface area contributed by atoms with Crippen LogP contribution in [0.2, 0.25) is 0 Å². The van der Waals surface area contributed by atoms with E-state index in [1.165, 1.54) is 0 Å². The van der Waals surface area contributed by atoms with Gasteiger partial charge in [-0.15, -0.1) is 0 Å². The summed E-state index contributed by atoms with van der Waals surface area (Å²) in [5.74, 6) is 7.84. The van der Waals surface area contributed by atoms with Crippen LogP contribution in [0.1, 0.15) is 11.1 Å². The maximum Gasteiger partial charge on any atom is 0.135 e. The number of nitrogens with one attached hydrogen (secondary N) is 3. The molecule has 3 N–H and O–H groups in total. The molecular weight excluding hydrogens is 533 g/mol. The second kappa shape index (κ2) is 10.6. The zero-order valence-corrected chi connectivity index (χ0v) is 24.1. The third-order valence-electron chi connectivity index (χ3n) is 6.81. The summed E-state index contributed by atoms with van der Waals surface area (Å²) in [5, 5.41) is 8.70. The van der Waals surface area contributed by atoms with Crippen molar-refractivity contribution in [3.05, 3.63) is 90.0 Å². The fourth-order valence-corrected chi connectivity index (χ4v) is 5.54. The fourth-order valence-electron chi connectivity index (χ4n) is 5.03. The number of pyridine rings is 2. The van der Waals surface area contributed by atoms with Crippen molar-refractivity contribution in [3.63, 3.8) is 0 Å². The molecule has 0 aliphatic rings. The molecule has 0 saturated carbocycles. The Morgan fingerprint density at radius 1 is 0.951 bits per heavy atom. The molecule has 208 valence electrons. The van der Waals surface area contributed by atoms with E-state index in [2.05, 4.69) is 53.7 Å². The van der Waals surface area contributed by atoms with Crippen molar-refractivity contribution >= 4 is 43.1 Å². The minimum atomic E-state index is -1.41. The number of rotatable bonds is 8. The van der Waals surface area contributed by atoms with Crippen molar-refractivity contribution in [1.82, 2.24) is 34.8 Å². The quantitative estimate of drug-likeness (QED) is 0.188. The van der Waals surface area contributed by atoms with Gasteiger partial charge in [0.25, 0.3) is 0 Å². The van der Waals surface area contributed by atoms with Gasteiger partial charge < -0.3 is 9.88 Å². The van der Waals surface area contributed by atoms with Crippen LogP contribution in [0, 0.1) is 5.82 Å². The van der Waals surface area contributed by atoms with Crippen LogP contribution >= 0.6 is 9.39 Å². The predicted octanol–water partition coefficient (Wildman–Crippen LogP) is 6.34. The van der Waals surface area contributed by atoms with Crippen LogP contribution in [-0.4, -0.2) is 62.1 Å². The summed E-state index contributed by atoms with van der Waals surface area (Å²) in [6, 6.07) is 19.3. The van der Waals surface area contributed by atoms with Gasteiger partial charge in [-0.3, -0.25) is 14.8 Å². The smallest absolute Gasteiger partial charge is 0.135 e. The molecule has 6 rings (SSSR count). The molecule has 0 saturated heterocycles. The van der Waals surface area contributed by atoms with Gasteiger partial charge in [0, 0.05) is 41.9 Å². The zero-order chi connectivity index (χ0) is 28.7. The van der Waals surface area contributed by atoms with E-state index < -0.39 is 9.39 Å². The van der Waals surface area contributed by atoms with E-state index in [0.717, 1.165) is 73.4 Å². The van der Waals surface area contributed by atoms with Crippen LogP contribution in [0.15, 0.2) is 73.1 Å². The lowest BCUT2D eigenvalue weighted by atomic mass is 9.99. The first-order valence-electron chi connectivity index (χ1n) is 13.2. The Hall–Kier alpha value is -4.31. The number of fused-ring (bicyclic) bond motifs is 2. The molecule has 0 spiro atoms. The van der Waals surface area contributed by atoms with Crippen LogP contribution in [0.3, 0.4) is 0 Å². The first kappa shape index (κ1) is 26.9. The van der Waals surface area contributed by atoms with Crippen molar-refractivity contribution in [2.45, 2.75) is 13.1 Å². The first-order valence-corrected chi connectivity index (χ1v) is 15.6. The van der Waals surface area contributed by atoms with Gasteiger partial charge in [-0.05, 0) is 91.1 Å². The average Bonchev–Trinajstić information content (AvgIpc) is 3.54. The monoisotopic (exact) mass is 565 g/mol. The molecule has 0 aliphatic heterocycles. The van der Waals surface area contributed by atoms with Crippen molar-refractivity contribution in [2.24, 2.45) is 0 Å². The summed E-state index contributed by atoms with van der Waals surface area (Å²) in [4.78, 5) is 15.0. The van der Waals surface area contributed by atoms with Crippen molar-refractivity contribution < 1.29 is 4.39 Å². The topological polar surface area (TPSA) is 85.5 Å². The number of aromatic amines is 2. The highest BCUT2D eigenvalue weighted by Gasteiger charge is 2.16. The van der Waals surface area contributed by atoms with Gasteiger partial charge >= 0.3 is 0 Å². The minimum absolute atomic E-state index is 0.281. The highest BCUT2D eigenvalue weighted by Crippen LogP contribution is 2.35. The van der Waals surface area contributed by atoms with Crippen molar-refractivity contribution in [3.8, 4) is 33.8 Å². The van der Waals surface area contributed by atoms with Gasteiger partial charge in [0.15, 0.2) is 0 Å². The van der Waals surface area contributed by atoms with Gasteiger partial charge in [0.05, 0.1) is 16.9 Å². The first-order chi connectivity index (χ1) is 19.6. The number of benzene rings is 2. The third-order valence-corrected chi connectivity index (χ3v) is 7.65. The van der Waals surface area contributed by atoms with E-state index in [1.807, 2.05) is 69.1 Å². The van der Waals surface area contributed by atoms with Gasteiger partial charge in [-0.25, -0.2) is 9.37 Å². The zero-order valence-electron chi connectivity index (χ0n) is 23.3. The Labute approximate surface area is 239 Å². The van der Waals surface area contributed by atoms with Gasteiger partial charge in [0.1, 0.15) is 17.0 Å². The van der Waals surface area contributed by atoms with Gasteiger partial charge in [0.2, 0.25) is 0 Å². The SMILES string of the molecule is C=S(=C)(C)NCc1cc(F)cc(-c2cccc3[nH]c(-c4n[nH]c5ccc(-c6cncc(CN(C)C)c6)nc45)cc23)c1. The lowest BCUT2D eigenvalue weighted by Crippen LogP contribution is -2.10. The molecule has 9 heteroatoms. The number of aromatic nitrogens is 5. The highest BCUT2D eigenvalue weighted by atomic mass is 32.2. The van der Waals surface area contributed by atoms with Gasteiger partial charge in [-0.1, -0.05) is 23.9 Å². The van der Waals surface area contributed by atoms with E-state index in [4.69, 9.17) is 4.98 Å². The molecule has 6 aromatic rings. The Morgan fingerprint density at radius 3 is 2.59 bits per heavy atom. The summed E-state index contributed by atoms with van der Waals surface area (Å²) in [6.07, 6.45) is 5.68. The molecule has 0 unspecified atom stereocenters. The normalized spacial score (nSPS) is 12.1. The average molecular weight is 566 g/mol. The largest absolute Gasteiger partial charge is 0.353 e.